The minimum Gasteiger partial charge on any atom is -0.484 e. The lowest BCUT2D eigenvalue weighted by atomic mass is 10.2. The van der Waals surface area contributed by atoms with E-state index in [1.54, 1.807) is 0 Å². The fourth-order valence-electron chi connectivity index (χ4n) is 1.33. The Morgan fingerprint density at radius 3 is 3.13 bits per heavy atom. The second kappa shape index (κ2) is 4.61. The minimum absolute atomic E-state index is 0.0333. The Hall–Kier alpha value is -1.11. The van der Waals surface area contributed by atoms with Crippen molar-refractivity contribution in [3.05, 3.63) is 24.1 Å². The Balaban J connectivity index is 2.48. The molecule has 0 atom stereocenters. The minimum atomic E-state index is 0.0333. The lowest BCUT2D eigenvalue weighted by Gasteiger charge is -2.03. The third kappa shape index (κ3) is 1.97. The molecular weight excluding hydrogens is 309 g/mol. The van der Waals surface area contributed by atoms with Crippen molar-refractivity contribution in [2.24, 2.45) is 0 Å². The Labute approximate surface area is 99.8 Å². The first-order chi connectivity index (χ1) is 7.36. The molecule has 2 rings (SSSR count). The van der Waals surface area contributed by atoms with Crippen molar-refractivity contribution in [3.63, 3.8) is 0 Å². The number of oxazole rings is 1. The lowest BCUT2D eigenvalue weighted by molar-refractivity contribution is -0.109. The number of aldehydes is 1. The molecule has 4 nitrogen and oxygen atoms in total. The molecule has 0 unspecified atom stereocenters. The molecule has 2 aromatic rings. The van der Waals surface area contributed by atoms with Gasteiger partial charge in [-0.1, -0.05) is 28.7 Å². The van der Waals surface area contributed by atoms with Crippen molar-refractivity contribution in [1.29, 1.82) is 0 Å². The predicted octanol–water partition coefficient (Wildman–Crippen LogP) is 2.34. The molecule has 0 saturated heterocycles. The van der Waals surface area contributed by atoms with Crippen LogP contribution in [0.3, 0.4) is 0 Å². The Bertz CT molecular complexity index is 480. The van der Waals surface area contributed by atoms with E-state index in [0.717, 1.165) is 15.6 Å². The van der Waals surface area contributed by atoms with Crippen molar-refractivity contribution >= 4 is 40.0 Å². The second-order valence-corrected chi connectivity index (χ2v) is 3.63. The highest BCUT2D eigenvalue weighted by Crippen LogP contribution is 2.28. The van der Waals surface area contributed by atoms with Crippen molar-refractivity contribution in [2.75, 3.05) is 6.61 Å². The molecule has 78 valence electrons. The van der Waals surface area contributed by atoms with Crippen LogP contribution in [0.4, 0.5) is 0 Å². The van der Waals surface area contributed by atoms with E-state index >= 15 is 0 Å². The molecule has 0 saturated carbocycles. The highest BCUT2D eigenvalue weighted by atomic mass is 127. The third-order valence-corrected chi connectivity index (χ3v) is 2.80. The SMILES string of the molecule is O=CCOc1ccc(CI)c2ocnc12. The number of alkyl halides is 1. The van der Waals surface area contributed by atoms with Crippen LogP contribution >= 0.6 is 22.6 Å². The zero-order chi connectivity index (χ0) is 10.7. The van der Waals surface area contributed by atoms with E-state index in [9.17, 15) is 4.79 Å². The lowest BCUT2D eigenvalue weighted by Crippen LogP contribution is -1.98. The van der Waals surface area contributed by atoms with E-state index in [1.165, 1.54) is 6.39 Å². The summed E-state index contributed by atoms with van der Waals surface area (Å²) < 4.78 is 11.4. The number of fused-ring (bicyclic) bond motifs is 1. The van der Waals surface area contributed by atoms with Crippen LogP contribution in [-0.2, 0) is 9.22 Å². The molecule has 0 amide bonds. The maximum atomic E-state index is 10.2. The maximum absolute atomic E-state index is 10.2. The van der Waals surface area contributed by atoms with Crippen LogP contribution in [0.1, 0.15) is 5.56 Å². The summed E-state index contributed by atoms with van der Waals surface area (Å²) in [5.41, 5.74) is 2.47. The summed E-state index contributed by atoms with van der Waals surface area (Å²) in [6.07, 6.45) is 2.09. The Morgan fingerprint density at radius 1 is 1.53 bits per heavy atom. The average molecular weight is 317 g/mol. The molecule has 0 aliphatic rings. The van der Waals surface area contributed by atoms with Gasteiger partial charge in [-0.05, 0) is 6.07 Å². The zero-order valence-corrected chi connectivity index (χ0v) is 9.93. The summed E-state index contributed by atoms with van der Waals surface area (Å²) in [4.78, 5) is 14.3. The van der Waals surface area contributed by atoms with Crippen molar-refractivity contribution in [3.8, 4) is 5.75 Å². The van der Waals surface area contributed by atoms with Crippen molar-refractivity contribution in [2.45, 2.75) is 4.43 Å². The molecule has 0 aliphatic carbocycles. The van der Waals surface area contributed by atoms with E-state index in [4.69, 9.17) is 9.15 Å². The fraction of sp³-hybridized carbons (Fsp3) is 0.200. The van der Waals surface area contributed by atoms with Crippen molar-refractivity contribution < 1.29 is 13.9 Å². The number of hydrogen-bond acceptors (Lipinski definition) is 4. The van der Waals surface area contributed by atoms with Gasteiger partial charge in [-0.3, -0.25) is 4.79 Å². The third-order valence-electron chi connectivity index (χ3n) is 1.98. The normalized spacial score (nSPS) is 10.5. The van der Waals surface area contributed by atoms with E-state index in [0.29, 0.717) is 17.6 Å². The van der Waals surface area contributed by atoms with Crippen LogP contribution in [0.15, 0.2) is 22.9 Å². The Morgan fingerprint density at radius 2 is 2.40 bits per heavy atom. The van der Waals surface area contributed by atoms with Gasteiger partial charge in [0.1, 0.15) is 12.4 Å². The predicted molar refractivity (Wildman–Crippen MR) is 63.3 cm³/mol. The molecule has 0 N–H and O–H groups in total. The molecule has 1 aromatic heterocycles. The summed E-state index contributed by atoms with van der Waals surface area (Å²) in [5, 5.41) is 0. The van der Waals surface area contributed by atoms with Gasteiger partial charge >= 0.3 is 0 Å². The number of halogens is 1. The monoisotopic (exact) mass is 317 g/mol. The van der Waals surface area contributed by atoms with Crippen molar-refractivity contribution in [1.82, 2.24) is 4.98 Å². The van der Waals surface area contributed by atoms with Gasteiger partial charge in [0.2, 0.25) is 0 Å². The van der Waals surface area contributed by atoms with E-state index in [-0.39, 0.29) is 6.61 Å². The molecule has 5 heteroatoms. The second-order valence-electron chi connectivity index (χ2n) is 2.86. The van der Waals surface area contributed by atoms with E-state index in [2.05, 4.69) is 27.6 Å². The molecule has 1 aromatic carbocycles. The van der Waals surface area contributed by atoms with Crippen LogP contribution in [-0.4, -0.2) is 17.9 Å². The first-order valence-electron chi connectivity index (χ1n) is 4.34. The van der Waals surface area contributed by atoms with Gasteiger partial charge in [-0.25, -0.2) is 4.98 Å². The van der Waals surface area contributed by atoms with Crippen LogP contribution < -0.4 is 4.74 Å². The highest BCUT2D eigenvalue weighted by Gasteiger charge is 2.10. The molecular formula is C10H8INO3. The summed E-state index contributed by atoms with van der Waals surface area (Å²) >= 11 is 2.25. The van der Waals surface area contributed by atoms with Gasteiger partial charge in [-0.2, -0.15) is 0 Å². The first-order valence-corrected chi connectivity index (χ1v) is 5.87. The molecule has 0 radical (unpaired) electrons. The van der Waals surface area contributed by atoms with Gasteiger partial charge < -0.3 is 9.15 Å². The maximum Gasteiger partial charge on any atom is 0.182 e. The van der Waals surface area contributed by atoms with Gasteiger partial charge in [0, 0.05) is 9.99 Å². The van der Waals surface area contributed by atoms with Crippen LogP contribution in [0, 0.1) is 0 Å². The fourth-order valence-corrected chi connectivity index (χ4v) is 1.93. The summed E-state index contributed by atoms with van der Waals surface area (Å²) in [7, 11) is 0. The standard InChI is InChI=1S/C10H8INO3/c11-5-7-1-2-8(14-4-3-13)9-10(7)15-6-12-9/h1-3,6H,4-5H2. The van der Waals surface area contributed by atoms with Gasteiger partial charge in [0.05, 0.1) is 0 Å². The van der Waals surface area contributed by atoms with Crippen LogP contribution in [0.2, 0.25) is 0 Å². The summed E-state index contributed by atoms with van der Waals surface area (Å²) in [5.74, 6) is 0.583. The van der Waals surface area contributed by atoms with Crippen LogP contribution in [0.5, 0.6) is 5.75 Å². The molecule has 0 bridgehead atoms. The quantitative estimate of drug-likeness (QED) is 0.493. The molecule has 0 spiro atoms. The number of ether oxygens (including phenoxy) is 1. The zero-order valence-electron chi connectivity index (χ0n) is 7.77. The van der Waals surface area contributed by atoms with E-state index < -0.39 is 0 Å². The van der Waals surface area contributed by atoms with Gasteiger partial charge in [0.25, 0.3) is 0 Å². The highest BCUT2D eigenvalue weighted by molar-refractivity contribution is 14.1. The number of rotatable bonds is 4. The average Bonchev–Trinajstić information content (AvgIpc) is 2.74. The summed E-state index contributed by atoms with van der Waals surface area (Å²) in [6, 6.07) is 3.72. The molecule has 15 heavy (non-hydrogen) atoms. The van der Waals surface area contributed by atoms with Gasteiger partial charge in [0.15, 0.2) is 23.8 Å². The number of benzene rings is 1. The molecule has 1 heterocycles. The number of hydrogen-bond donors (Lipinski definition) is 0. The largest absolute Gasteiger partial charge is 0.484 e. The smallest absolute Gasteiger partial charge is 0.182 e. The number of aromatic nitrogens is 1. The van der Waals surface area contributed by atoms with Crippen LogP contribution in [0.25, 0.3) is 11.1 Å². The number of carbonyl (C=O) groups is 1. The number of nitrogens with zero attached hydrogens (tertiary/aromatic N) is 1. The molecule has 0 aliphatic heterocycles. The Kier molecular flexibility index (Phi) is 3.20. The topological polar surface area (TPSA) is 52.3 Å². The first kappa shape index (κ1) is 10.4. The number of carbonyl (C=O) groups excluding carboxylic acids is 1. The summed E-state index contributed by atoms with van der Waals surface area (Å²) in [6.45, 7) is 0.0333. The van der Waals surface area contributed by atoms with Gasteiger partial charge in [-0.15, -0.1) is 0 Å². The molecule has 0 fully saturated rings. The van der Waals surface area contributed by atoms with E-state index in [1.807, 2.05) is 12.1 Å².